The van der Waals surface area contributed by atoms with Crippen LogP contribution >= 0.6 is 0 Å². The number of nitro groups is 1. The van der Waals surface area contributed by atoms with Crippen LogP contribution in [0.2, 0.25) is 0 Å². The molecule has 0 unspecified atom stereocenters. The predicted molar refractivity (Wildman–Crippen MR) is 75.7 cm³/mol. The van der Waals surface area contributed by atoms with E-state index in [-0.39, 0.29) is 11.5 Å². The third kappa shape index (κ3) is 3.75. The Labute approximate surface area is 122 Å². The average molecular weight is 295 g/mol. The van der Waals surface area contributed by atoms with Gasteiger partial charge in [-0.15, -0.1) is 0 Å². The van der Waals surface area contributed by atoms with Gasteiger partial charge in [0.25, 0.3) is 5.91 Å². The molecule has 1 aromatic rings. The number of likely N-dealkylation sites (tertiary alicyclic amines) is 1. The van der Waals surface area contributed by atoms with Crippen LogP contribution in [0.25, 0.3) is 0 Å². The lowest BCUT2D eigenvalue weighted by molar-refractivity contribution is -0.387. The molecule has 0 bridgehead atoms. The molecule has 0 N–H and O–H groups in total. The second-order valence-corrected chi connectivity index (χ2v) is 5.20. The van der Waals surface area contributed by atoms with Gasteiger partial charge in [0.2, 0.25) is 5.82 Å². The number of benzene rings is 1. The molecule has 0 radical (unpaired) electrons. The first-order valence-electron chi connectivity index (χ1n) is 6.91. The number of rotatable bonds is 5. The Bertz CT molecular complexity index is 544. The molecule has 1 amide bonds. The van der Waals surface area contributed by atoms with Crippen LogP contribution in [-0.4, -0.2) is 53.9 Å². The van der Waals surface area contributed by atoms with Gasteiger partial charge >= 0.3 is 5.69 Å². The van der Waals surface area contributed by atoms with Crippen molar-refractivity contribution in [3.8, 4) is 0 Å². The summed E-state index contributed by atoms with van der Waals surface area (Å²) in [5.41, 5.74) is -0.492. The molecule has 0 aliphatic carbocycles. The number of halogens is 1. The van der Waals surface area contributed by atoms with Gasteiger partial charge in [-0.1, -0.05) is 0 Å². The fourth-order valence-electron chi connectivity index (χ4n) is 2.41. The smallest absolute Gasteiger partial charge is 0.304 e. The maximum atomic E-state index is 13.5. The fraction of sp³-hybridized carbons (Fsp3) is 0.500. The number of likely N-dealkylation sites (N-methyl/N-ethyl adjacent to an activating group) is 1. The number of amides is 1. The molecule has 1 aliphatic rings. The minimum atomic E-state index is -0.987. The highest BCUT2D eigenvalue weighted by atomic mass is 19.1. The number of hydrogen-bond acceptors (Lipinski definition) is 4. The Morgan fingerprint density at radius 1 is 1.43 bits per heavy atom. The zero-order valence-corrected chi connectivity index (χ0v) is 11.9. The van der Waals surface area contributed by atoms with Gasteiger partial charge in [-0.05, 0) is 38.1 Å². The minimum Gasteiger partial charge on any atom is -0.340 e. The Balaban J connectivity index is 1.98. The van der Waals surface area contributed by atoms with Gasteiger partial charge < -0.3 is 9.80 Å². The first kappa shape index (κ1) is 15.4. The molecule has 2 rings (SSSR count). The molecule has 1 saturated heterocycles. The van der Waals surface area contributed by atoms with E-state index in [0.717, 1.165) is 31.8 Å². The maximum absolute atomic E-state index is 13.5. The first-order valence-corrected chi connectivity index (χ1v) is 6.91. The van der Waals surface area contributed by atoms with Gasteiger partial charge in [-0.2, -0.15) is 4.39 Å². The number of nitrogens with zero attached hydrogens (tertiary/aromatic N) is 3. The SMILES string of the molecule is CN(CCN1CCCC1)C(=O)c1ccc([N+](=O)[O-])c(F)c1. The molecule has 1 aliphatic heterocycles. The van der Waals surface area contributed by atoms with Crippen molar-refractivity contribution in [3.05, 3.63) is 39.7 Å². The zero-order valence-electron chi connectivity index (χ0n) is 11.9. The summed E-state index contributed by atoms with van der Waals surface area (Å²) < 4.78 is 13.5. The molecule has 114 valence electrons. The van der Waals surface area contributed by atoms with Crippen molar-refractivity contribution in [2.75, 3.05) is 33.2 Å². The van der Waals surface area contributed by atoms with Gasteiger partial charge in [0.05, 0.1) is 4.92 Å². The van der Waals surface area contributed by atoms with Crippen LogP contribution in [0.1, 0.15) is 23.2 Å². The Morgan fingerprint density at radius 2 is 2.10 bits per heavy atom. The number of nitro benzene ring substituents is 1. The van der Waals surface area contributed by atoms with Gasteiger partial charge in [0.1, 0.15) is 0 Å². The van der Waals surface area contributed by atoms with Crippen LogP contribution in [0, 0.1) is 15.9 Å². The fourth-order valence-corrected chi connectivity index (χ4v) is 2.41. The van der Waals surface area contributed by atoms with Crippen LogP contribution < -0.4 is 0 Å². The van der Waals surface area contributed by atoms with E-state index in [9.17, 15) is 19.3 Å². The van der Waals surface area contributed by atoms with Crippen LogP contribution in [0.4, 0.5) is 10.1 Å². The van der Waals surface area contributed by atoms with E-state index in [2.05, 4.69) is 4.90 Å². The Kier molecular flexibility index (Phi) is 4.85. The summed E-state index contributed by atoms with van der Waals surface area (Å²) in [7, 11) is 1.65. The molecule has 0 saturated carbocycles. The number of hydrogen-bond donors (Lipinski definition) is 0. The van der Waals surface area contributed by atoms with Crippen molar-refractivity contribution >= 4 is 11.6 Å². The lowest BCUT2D eigenvalue weighted by Gasteiger charge is -2.21. The third-order valence-corrected chi connectivity index (χ3v) is 3.69. The standard InChI is InChI=1S/C14H18FN3O3/c1-16(8-9-17-6-2-3-7-17)14(19)11-4-5-13(18(20)21)12(15)10-11/h4-5,10H,2-3,6-9H2,1H3. The first-order chi connectivity index (χ1) is 9.99. The van der Waals surface area contributed by atoms with Crippen LogP contribution in [0.5, 0.6) is 0 Å². The summed E-state index contributed by atoms with van der Waals surface area (Å²) >= 11 is 0. The molecule has 1 aromatic carbocycles. The molecule has 1 heterocycles. The summed E-state index contributed by atoms with van der Waals surface area (Å²) in [6.07, 6.45) is 2.37. The highest BCUT2D eigenvalue weighted by Crippen LogP contribution is 2.18. The summed E-state index contributed by atoms with van der Waals surface area (Å²) in [6.45, 7) is 3.44. The molecular weight excluding hydrogens is 277 g/mol. The van der Waals surface area contributed by atoms with Crippen LogP contribution in [0.15, 0.2) is 18.2 Å². The van der Waals surface area contributed by atoms with Gasteiger partial charge in [-0.3, -0.25) is 14.9 Å². The van der Waals surface area contributed by atoms with Gasteiger partial charge in [0.15, 0.2) is 0 Å². The molecule has 0 aromatic heterocycles. The number of carbonyl (C=O) groups is 1. The van der Waals surface area contributed by atoms with Crippen molar-refractivity contribution in [2.45, 2.75) is 12.8 Å². The maximum Gasteiger partial charge on any atom is 0.304 e. The van der Waals surface area contributed by atoms with E-state index in [1.165, 1.54) is 23.8 Å². The molecule has 0 spiro atoms. The zero-order chi connectivity index (χ0) is 15.4. The molecule has 21 heavy (non-hydrogen) atoms. The summed E-state index contributed by atoms with van der Waals surface area (Å²) in [5, 5.41) is 10.6. The van der Waals surface area contributed by atoms with Crippen molar-refractivity contribution in [2.24, 2.45) is 0 Å². The largest absolute Gasteiger partial charge is 0.340 e. The Hall–Kier alpha value is -2.02. The quantitative estimate of drug-likeness (QED) is 0.614. The average Bonchev–Trinajstić information content (AvgIpc) is 2.96. The van der Waals surface area contributed by atoms with Gasteiger partial charge in [0, 0.05) is 31.8 Å². The monoisotopic (exact) mass is 295 g/mol. The lowest BCUT2D eigenvalue weighted by Crippen LogP contribution is -2.35. The normalized spacial score (nSPS) is 15.1. The topological polar surface area (TPSA) is 66.7 Å². The van der Waals surface area contributed by atoms with Crippen molar-refractivity contribution in [1.82, 2.24) is 9.80 Å². The van der Waals surface area contributed by atoms with Crippen molar-refractivity contribution in [3.63, 3.8) is 0 Å². The molecule has 7 heteroatoms. The molecule has 1 fully saturated rings. The predicted octanol–water partition coefficient (Wildman–Crippen LogP) is 1.90. The summed E-state index contributed by atoms with van der Waals surface area (Å²) in [4.78, 5) is 25.7. The Morgan fingerprint density at radius 3 is 2.67 bits per heavy atom. The molecule has 0 atom stereocenters. The molecular formula is C14H18FN3O3. The highest BCUT2D eigenvalue weighted by molar-refractivity contribution is 5.94. The van der Waals surface area contributed by atoms with E-state index in [4.69, 9.17) is 0 Å². The van der Waals surface area contributed by atoms with Crippen LogP contribution in [-0.2, 0) is 0 Å². The second-order valence-electron chi connectivity index (χ2n) is 5.20. The summed E-state index contributed by atoms with van der Waals surface area (Å²) in [6, 6.07) is 3.24. The van der Waals surface area contributed by atoms with E-state index in [1.54, 1.807) is 7.05 Å². The summed E-state index contributed by atoms with van der Waals surface area (Å²) in [5.74, 6) is -1.32. The number of carbonyl (C=O) groups excluding carboxylic acids is 1. The highest BCUT2D eigenvalue weighted by Gasteiger charge is 2.19. The lowest BCUT2D eigenvalue weighted by atomic mass is 10.1. The van der Waals surface area contributed by atoms with E-state index in [1.807, 2.05) is 0 Å². The van der Waals surface area contributed by atoms with Crippen molar-refractivity contribution in [1.29, 1.82) is 0 Å². The van der Waals surface area contributed by atoms with Crippen molar-refractivity contribution < 1.29 is 14.1 Å². The minimum absolute atomic E-state index is 0.127. The van der Waals surface area contributed by atoms with E-state index >= 15 is 0 Å². The van der Waals surface area contributed by atoms with Gasteiger partial charge in [-0.25, -0.2) is 0 Å². The molecule has 6 nitrogen and oxygen atoms in total. The van der Waals surface area contributed by atoms with E-state index in [0.29, 0.717) is 6.54 Å². The van der Waals surface area contributed by atoms with E-state index < -0.39 is 16.4 Å². The van der Waals surface area contributed by atoms with Crippen LogP contribution in [0.3, 0.4) is 0 Å². The second kappa shape index (κ2) is 6.62. The third-order valence-electron chi connectivity index (χ3n) is 3.69.